The molecule has 0 aliphatic carbocycles. The van der Waals surface area contributed by atoms with E-state index in [9.17, 15) is 19.8 Å². The minimum atomic E-state index is -0.666. The zero-order valence-corrected chi connectivity index (χ0v) is 52.9. The first-order chi connectivity index (χ1) is 38.5. The number of carbonyl (C=O) groups is 2. The maximum absolute atomic E-state index is 12.5. The van der Waals surface area contributed by atoms with Crippen LogP contribution in [0.2, 0.25) is 0 Å². The summed E-state index contributed by atoms with van der Waals surface area (Å²) in [7, 11) is 0. The Balaban J connectivity index is 3.37. The Morgan fingerprint density at radius 3 is 1.00 bits per heavy atom. The number of allylic oxidation sites excluding steroid dienone is 4. The van der Waals surface area contributed by atoms with Gasteiger partial charge in [-0.1, -0.05) is 353 Å². The first-order valence-electron chi connectivity index (χ1n) is 35.6. The molecular formula is C72H139NO5. The van der Waals surface area contributed by atoms with Crippen LogP contribution in [0.4, 0.5) is 0 Å². The number of amides is 1. The zero-order chi connectivity index (χ0) is 56.4. The van der Waals surface area contributed by atoms with E-state index in [1.165, 1.54) is 315 Å². The monoisotopic (exact) mass is 1100 g/mol. The highest BCUT2D eigenvalue weighted by molar-refractivity contribution is 5.76. The van der Waals surface area contributed by atoms with Gasteiger partial charge in [0.05, 0.1) is 25.4 Å². The summed E-state index contributed by atoms with van der Waals surface area (Å²) in [4.78, 5) is 24.7. The van der Waals surface area contributed by atoms with E-state index in [4.69, 9.17) is 4.74 Å². The Labute approximate surface area is 488 Å². The van der Waals surface area contributed by atoms with E-state index in [0.29, 0.717) is 25.9 Å². The number of esters is 1. The van der Waals surface area contributed by atoms with Gasteiger partial charge in [-0.15, -0.1) is 0 Å². The van der Waals surface area contributed by atoms with Crippen LogP contribution in [-0.2, 0) is 14.3 Å². The van der Waals surface area contributed by atoms with Gasteiger partial charge in [-0.3, -0.25) is 9.59 Å². The maximum Gasteiger partial charge on any atom is 0.305 e. The van der Waals surface area contributed by atoms with Crippen molar-refractivity contribution in [2.45, 2.75) is 411 Å². The van der Waals surface area contributed by atoms with Crippen LogP contribution in [0.25, 0.3) is 0 Å². The molecule has 1 amide bonds. The molecule has 78 heavy (non-hydrogen) atoms. The molecule has 6 nitrogen and oxygen atoms in total. The van der Waals surface area contributed by atoms with Gasteiger partial charge in [-0.2, -0.15) is 0 Å². The molecule has 0 saturated heterocycles. The minimum absolute atomic E-state index is 0.00936. The summed E-state index contributed by atoms with van der Waals surface area (Å²) in [5.41, 5.74) is 0. The molecule has 2 unspecified atom stereocenters. The fourth-order valence-electron chi connectivity index (χ4n) is 11.3. The van der Waals surface area contributed by atoms with Gasteiger partial charge in [-0.05, 0) is 57.8 Å². The molecule has 0 saturated carbocycles. The lowest BCUT2D eigenvalue weighted by Gasteiger charge is -2.22. The molecular weight excluding hydrogens is 959 g/mol. The summed E-state index contributed by atoms with van der Waals surface area (Å²) in [5.74, 6) is -0.0221. The normalized spacial score (nSPS) is 12.6. The number of rotatable bonds is 67. The zero-order valence-electron chi connectivity index (χ0n) is 52.9. The smallest absolute Gasteiger partial charge is 0.305 e. The molecule has 0 rings (SSSR count). The second-order valence-corrected chi connectivity index (χ2v) is 24.6. The largest absolute Gasteiger partial charge is 0.466 e. The standard InChI is InChI=1S/C72H139NO5/c1-3-5-7-9-11-13-15-17-19-21-23-25-29-32-36-40-44-48-52-56-60-64-70(75)69(68-74)73-71(76)65-61-57-53-49-45-41-37-33-30-26-24-27-31-35-39-43-47-51-55-59-63-67-78-72(77)66-62-58-54-50-46-42-38-34-28-22-20-18-16-14-12-10-8-6-4-2/h12,14,18,20,69-70,74-75H,3-11,13,15-17,19,21-68H2,1-2H3,(H,73,76)/b14-12-,20-18-. The van der Waals surface area contributed by atoms with E-state index in [1.807, 2.05) is 0 Å². The van der Waals surface area contributed by atoms with Crippen molar-refractivity contribution in [2.24, 2.45) is 0 Å². The van der Waals surface area contributed by atoms with Crippen LogP contribution in [-0.4, -0.2) is 47.4 Å². The lowest BCUT2D eigenvalue weighted by molar-refractivity contribution is -0.143. The van der Waals surface area contributed by atoms with E-state index >= 15 is 0 Å². The average molecular weight is 1100 g/mol. The number of aliphatic hydroxyl groups is 2. The summed E-state index contributed by atoms with van der Waals surface area (Å²) in [6.07, 6.45) is 85.0. The molecule has 0 aliphatic heterocycles. The molecule has 0 heterocycles. The fraction of sp³-hybridized carbons (Fsp3) is 0.917. The molecule has 0 aliphatic rings. The van der Waals surface area contributed by atoms with Crippen LogP contribution < -0.4 is 5.32 Å². The number of ether oxygens (including phenoxy) is 1. The third-order valence-corrected chi connectivity index (χ3v) is 16.8. The van der Waals surface area contributed by atoms with Crippen molar-refractivity contribution >= 4 is 11.9 Å². The Morgan fingerprint density at radius 1 is 0.359 bits per heavy atom. The van der Waals surface area contributed by atoms with Crippen LogP contribution in [0, 0.1) is 0 Å². The molecule has 0 radical (unpaired) electrons. The first-order valence-corrected chi connectivity index (χ1v) is 35.6. The molecule has 0 bridgehead atoms. The molecule has 462 valence electrons. The summed E-state index contributed by atoms with van der Waals surface area (Å²) < 4.78 is 5.51. The van der Waals surface area contributed by atoms with Crippen LogP contribution in [0.5, 0.6) is 0 Å². The van der Waals surface area contributed by atoms with Gasteiger partial charge in [-0.25, -0.2) is 0 Å². The van der Waals surface area contributed by atoms with Crippen LogP contribution in [0.15, 0.2) is 24.3 Å². The Morgan fingerprint density at radius 2 is 0.641 bits per heavy atom. The Hall–Kier alpha value is -1.66. The highest BCUT2D eigenvalue weighted by Crippen LogP contribution is 2.19. The summed E-state index contributed by atoms with van der Waals surface area (Å²) in [6, 6.07) is -0.543. The Bertz CT molecular complexity index is 1220. The lowest BCUT2D eigenvalue weighted by Crippen LogP contribution is -2.45. The van der Waals surface area contributed by atoms with Crippen molar-refractivity contribution < 1.29 is 24.5 Å². The van der Waals surface area contributed by atoms with Gasteiger partial charge < -0.3 is 20.3 Å². The average Bonchev–Trinajstić information content (AvgIpc) is 3.44. The third kappa shape index (κ3) is 63.5. The highest BCUT2D eigenvalue weighted by atomic mass is 16.5. The van der Waals surface area contributed by atoms with Gasteiger partial charge in [0.1, 0.15) is 0 Å². The third-order valence-electron chi connectivity index (χ3n) is 16.8. The number of hydrogen-bond acceptors (Lipinski definition) is 5. The lowest BCUT2D eigenvalue weighted by atomic mass is 10.0. The van der Waals surface area contributed by atoms with Crippen molar-refractivity contribution in [2.75, 3.05) is 13.2 Å². The topological polar surface area (TPSA) is 95.9 Å². The minimum Gasteiger partial charge on any atom is -0.466 e. The molecule has 3 N–H and O–H groups in total. The second kappa shape index (κ2) is 67.8. The summed E-state index contributed by atoms with van der Waals surface area (Å²) in [6.45, 7) is 4.96. The van der Waals surface area contributed by atoms with E-state index in [-0.39, 0.29) is 18.5 Å². The molecule has 0 aromatic heterocycles. The van der Waals surface area contributed by atoms with E-state index < -0.39 is 12.1 Å². The highest BCUT2D eigenvalue weighted by Gasteiger charge is 2.20. The van der Waals surface area contributed by atoms with E-state index in [1.54, 1.807) is 0 Å². The molecule has 6 heteroatoms. The van der Waals surface area contributed by atoms with Gasteiger partial charge >= 0.3 is 5.97 Å². The molecule has 2 atom stereocenters. The molecule has 0 aromatic rings. The van der Waals surface area contributed by atoms with Gasteiger partial charge in [0, 0.05) is 12.8 Å². The second-order valence-electron chi connectivity index (χ2n) is 24.6. The van der Waals surface area contributed by atoms with Gasteiger partial charge in [0.25, 0.3) is 0 Å². The van der Waals surface area contributed by atoms with Crippen molar-refractivity contribution in [1.29, 1.82) is 0 Å². The quantitative estimate of drug-likeness (QED) is 0.0320. The number of hydrogen-bond donors (Lipinski definition) is 3. The first kappa shape index (κ1) is 76.3. The van der Waals surface area contributed by atoms with Gasteiger partial charge in [0.2, 0.25) is 5.91 Å². The van der Waals surface area contributed by atoms with E-state index in [0.717, 1.165) is 51.4 Å². The van der Waals surface area contributed by atoms with E-state index in [2.05, 4.69) is 43.5 Å². The summed E-state index contributed by atoms with van der Waals surface area (Å²) in [5, 5.41) is 23.4. The van der Waals surface area contributed by atoms with Crippen LogP contribution >= 0.6 is 0 Å². The number of carbonyl (C=O) groups excluding carboxylic acids is 2. The van der Waals surface area contributed by atoms with Crippen molar-refractivity contribution in [1.82, 2.24) is 5.32 Å². The van der Waals surface area contributed by atoms with Crippen LogP contribution in [0.1, 0.15) is 399 Å². The SMILES string of the molecule is CCCCC/C=C\C/C=C\CCCCCCCCCCCC(=O)OCCCCCCCCCCCCCCCCCCCCCCCC(=O)NC(CO)C(O)CCCCCCCCCCCCCCCCCCCCCCC. The fourth-order valence-corrected chi connectivity index (χ4v) is 11.3. The summed E-state index contributed by atoms with van der Waals surface area (Å²) >= 11 is 0. The van der Waals surface area contributed by atoms with Crippen LogP contribution in [0.3, 0.4) is 0 Å². The maximum atomic E-state index is 12.5. The predicted octanol–water partition coefficient (Wildman–Crippen LogP) is 22.9. The van der Waals surface area contributed by atoms with Gasteiger partial charge in [0.15, 0.2) is 0 Å². The van der Waals surface area contributed by atoms with Crippen molar-refractivity contribution in [3.05, 3.63) is 24.3 Å². The number of unbranched alkanes of at least 4 members (excludes halogenated alkanes) is 52. The Kier molecular flexibility index (Phi) is 66.4. The molecule has 0 fully saturated rings. The van der Waals surface area contributed by atoms with Crippen molar-refractivity contribution in [3.8, 4) is 0 Å². The molecule has 0 spiro atoms. The predicted molar refractivity (Wildman–Crippen MR) is 343 cm³/mol. The van der Waals surface area contributed by atoms with Crippen molar-refractivity contribution in [3.63, 3.8) is 0 Å². The number of aliphatic hydroxyl groups excluding tert-OH is 2. The number of nitrogens with one attached hydrogen (secondary N) is 1. The molecule has 0 aromatic carbocycles.